The van der Waals surface area contributed by atoms with Gasteiger partial charge in [-0.3, -0.25) is 0 Å². The predicted octanol–water partition coefficient (Wildman–Crippen LogP) is 3.06. The van der Waals surface area contributed by atoms with Gasteiger partial charge in [-0.15, -0.1) is 0 Å². The molecule has 0 atom stereocenters. The quantitative estimate of drug-likeness (QED) is 0.595. The first-order valence-corrected chi connectivity index (χ1v) is 6.14. The van der Waals surface area contributed by atoms with E-state index in [0.29, 0.717) is 0 Å². The van der Waals surface area contributed by atoms with Crippen molar-refractivity contribution in [3.8, 4) is 0 Å². The normalized spacial score (nSPS) is 12.2. The molecule has 0 aliphatic heterocycles. The smallest absolute Gasteiger partial charge is 0.0109 e. The lowest BCUT2D eigenvalue weighted by Gasteiger charge is -1.99. The Hall–Kier alpha value is 0.0800. The van der Waals surface area contributed by atoms with Gasteiger partial charge in [0.1, 0.15) is 0 Å². The molecule has 0 spiro atoms. The third kappa shape index (κ3) is 2.04. The van der Waals surface area contributed by atoms with E-state index >= 15 is 0 Å². The van der Waals surface area contributed by atoms with E-state index in [4.69, 9.17) is 0 Å². The third-order valence-electron chi connectivity index (χ3n) is 1.32. The van der Waals surface area contributed by atoms with Crippen molar-refractivity contribution in [2.24, 2.45) is 0 Å². The zero-order valence-corrected chi connectivity index (χ0v) is 7.99. The summed E-state index contributed by atoms with van der Waals surface area (Å²) in [4.78, 5) is 0. The second-order valence-electron chi connectivity index (χ2n) is 2.09. The van der Waals surface area contributed by atoms with Crippen molar-refractivity contribution in [2.75, 3.05) is 6.66 Å². The van der Waals surface area contributed by atoms with E-state index < -0.39 is 0 Å². The molecule has 2 heteroatoms. The van der Waals surface area contributed by atoms with Crippen LogP contribution in [0, 0.1) is 6.92 Å². The van der Waals surface area contributed by atoms with Crippen LogP contribution in [-0.4, -0.2) is 6.66 Å². The summed E-state index contributed by atoms with van der Waals surface area (Å²) in [5.74, 6) is 0. The van der Waals surface area contributed by atoms with Crippen LogP contribution in [-0.2, 0) is 0 Å². The Kier molecular flexibility index (Phi) is 3.32. The molecule has 1 aromatic carbocycles. The maximum atomic E-state index is 2.19. The number of rotatable bonds is 2. The number of benzene rings is 1. The van der Waals surface area contributed by atoms with E-state index in [0.717, 1.165) is 0 Å². The van der Waals surface area contributed by atoms with Crippen molar-refractivity contribution in [1.82, 2.24) is 0 Å². The van der Waals surface area contributed by atoms with Crippen LogP contribution in [0.3, 0.4) is 0 Å². The van der Waals surface area contributed by atoms with Gasteiger partial charge >= 0.3 is 0 Å². The summed E-state index contributed by atoms with van der Waals surface area (Å²) < 4.78 is 0. The Morgan fingerprint density at radius 1 is 1.20 bits per heavy atom. The van der Waals surface area contributed by atoms with Crippen LogP contribution in [0.4, 0.5) is 0 Å². The molecular weight excluding hydrogens is 158 g/mol. The summed E-state index contributed by atoms with van der Waals surface area (Å²) in [6.07, 6.45) is 0. The molecule has 0 fully saturated rings. The third-order valence-corrected chi connectivity index (χ3v) is 3.49. The Balaban J connectivity index is 2.81. The van der Waals surface area contributed by atoms with Gasteiger partial charge in [-0.25, -0.2) is 0 Å². The van der Waals surface area contributed by atoms with Crippen LogP contribution >= 0.6 is 16.5 Å². The average molecular weight is 168 g/mol. The van der Waals surface area contributed by atoms with E-state index in [1.807, 2.05) is 0 Å². The summed E-state index contributed by atoms with van der Waals surface area (Å²) in [5, 5.41) is 1.45. The van der Waals surface area contributed by atoms with Gasteiger partial charge in [0, 0.05) is 0 Å². The zero-order chi connectivity index (χ0) is 7.40. The first kappa shape index (κ1) is 8.18. The minimum absolute atomic E-state index is 1.40. The lowest BCUT2D eigenvalue weighted by Crippen LogP contribution is -1.95. The average Bonchev–Trinajstić information content (AvgIpc) is 1.94. The van der Waals surface area contributed by atoms with E-state index in [1.54, 1.807) is 0 Å². The maximum absolute atomic E-state index is 2.19. The van der Waals surface area contributed by atoms with Crippen molar-refractivity contribution in [1.29, 1.82) is 0 Å². The van der Waals surface area contributed by atoms with Crippen LogP contribution in [0.15, 0.2) is 24.3 Å². The molecule has 0 aromatic heterocycles. The van der Waals surface area contributed by atoms with Crippen molar-refractivity contribution in [3.05, 3.63) is 29.8 Å². The van der Waals surface area contributed by atoms with Crippen LogP contribution in [0.2, 0.25) is 0 Å². The Labute approximate surface area is 65.9 Å². The van der Waals surface area contributed by atoms with Gasteiger partial charge in [-0.1, -0.05) is 24.3 Å². The molecule has 10 heavy (non-hydrogen) atoms. The molecule has 0 unspecified atom stereocenters. The van der Waals surface area contributed by atoms with Gasteiger partial charge in [-0.2, -0.15) is 0 Å². The van der Waals surface area contributed by atoms with Crippen LogP contribution in [0.5, 0.6) is 0 Å². The minimum atomic E-state index is 1.40. The SMILES string of the molecule is C[P][P]c1ccccc1C. The first-order valence-electron chi connectivity index (χ1n) is 3.20. The fraction of sp³-hybridized carbons (Fsp3) is 0.250. The zero-order valence-electron chi connectivity index (χ0n) is 6.20. The van der Waals surface area contributed by atoms with Crippen molar-refractivity contribution < 1.29 is 0 Å². The molecule has 0 N–H and O–H groups in total. The van der Waals surface area contributed by atoms with Gasteiger partial charge in [0.25, 0.3) is 0 Å². The molecule has 1 aromatic rings. The van der Waals surface area contributed by atoms with Crippen LogP contribution in [0.1, 0.15) is 5.56 Å². The Morgan fingerprint density at radius 2 is 1.90 bits per heavy atom. The van der Waals surface area contributed by atoms with Crippen molar-refractivity contribution in [3.63, 3.8) is 0 Å². The molecule has 52 valence electrons. The van der Waals surface area contributed by atoms with E-state index in [9.17, 15) is 0 Å². The highest BCUT2D eigenvalue weighted by atomic mass is 32.0. The van der Waals surface area contributed by atoms with Gasteiger partial charge in [0.2, 0.25) is 0 Å². The highest BCUT2D eigenvalue weighted by molar-refractivity contribution is 8.15. The molecule has 0 nitrogen and oxygen atoms in total. The van der Waals surface area contributed by atoms with Crippen molar-refractivity contribution in [2.45, 2.75) is 6.92 Å². The maximum Gasteiger partial charge on any atom is -0.0109 e. The molecule has 0 bridgehead atoms. The summed E-state index contributed by atoms with van der Waals surface area (Å²) in [6, 6.07) is 8.53. The Morgan fingerprint density at radius 3 is 2.50 bits per heavy atom. The van der Waals surface area contributed by atoms with E-state index in [2.05, 4.69) is 37.9 Å². The fourth-order valence-corrected chi connectivity index (χ4v) is 2.70. The Bertz CT molecular complexity index is 208. The highest BCUT2D eigenvalue weighted by Gasteiger charge is 1.93. The molecule has 0 amide bonds. The van der Waals surface area contributed by atoms with E-state index in [-0.39, 0.29) is 0 Å². The summed E-state index contributed by atoms with van der Waals surface area (Å²) in [7, 11) is 2.84. The molecule has 0 aliphatic carbocycles. The van der Waals surface area contributed by atoms with Gasteiger partial charge in [0.15, 0.2) is 0 Å². The largest absolute Gasteiger partial charge is 0.0620 e. The number of hydrogen-bond donors (Lipinski definition) is 0. The fourth-order valence-electron chi connectivity index (χ4n) is 0.783. The minimum Gasteiger partial charge on any atom is -0.0620 e. The summed E-state index contributed by atoms with van der Waals surface area (Å²) in [6.45, 7) is 4.33. The molecule has 0 heterocycles. The highest BCUT2D eigenvalue weighted by Crippen LogP contribution is 2.32. The molecular formula is C8H10P2. The molecule has 1 rings (SSSR count). The molecule has 0 aliphatic rings. The lowest BCUT2D eigenvalue weighted by molar-refractivity contribution is 1.52. The second-order valence-corrected chi connectivity index (χ2v) is 4.97. The van der Waals surface area contributed by atoms with Crippen LogP contribution in [0.25, 0.3) is 0 Å². The number of aryl methyl sites for hydroxylation is 1. The van der Waals surface area contributed by atoms with Gasteiger partial charge in [0.05, 0.1) is 0 Å². The van der Waals surface area contributed by atoms with Gasteiger partial charge < -0.3 is 0 Å². The lowest BCUT2D eigenvalue weighted by atomic mass is 10.2. The number of hydrogen-bond acceptors (Lipinski definition) is 0. The van der Waals surface area contributed by atoms with Gasteiger partial charge in [-0.05, 0) is 41.0 Å². The van der Waals surface area contributed by atoms with E-state index in [1.165, 1.54) is 27.4 Å². The summed E-state index contributed by atoms with van der Waals surface area (Å²) >= 11 is 0. The standard InChI is InChI=1S/C8H10P2/c1-7-5-3-4-6-8(7)10-9-2/h3-6H,1-2H3. The molecule has 2 radical (unpaired) electrons. The molecule has 0 saturated carbocycles. The predicted molar refractivity (Wildman–Crippen MR) is 50.6 cm³/mol. The summed E-state index contributed by atoms with van der Waals surface area (Å²) in [5.41, 5.74) is 1.40. The topological polar surface area (TPSA) is 0 Å². The second kappa shape index (κ2) is 4.06. The monoisotopic (exact) mass is 168 g/mol. The molecule has 0 saturated heterocycles. The first-order chi connectivity index (χ1) is 4.84. The van der Waals surface area contributed by atoms with Crippen molar-refractivity contribution >= 4 is 21.8 Å². The van der Waals surface area contributed by atoms with Crippen LogP contribution < -0.4 is 5.30 Å².